The second kappa shape index (κ2) is 6.05. The fraction of sp³-hybridized carbons (Fsp3) is 0.385. The van der Waals surface area contributed by atoms with E-state index >= 15 is 0 Å². The van der Waals surface area contributed by atoms with E-state index in [0.717, 1.165) is 17.5 Å². The number of hydrogen-bond acceptors (Lipinski definition) is 3. The molecule has 0 heterocycles. The summed E-state index contributed by atoms with van der Waals surface area (Å²) >= 11 is 0. The molecule has 0 spiro atoms. The van der Waals surface area contributed by atoms with Gasteiger partial charge < -0.3 is 15.1 Å². The molecular formula is C13H17NO4. The first-order valence-electron chi connectivity index (χ1n) is 5.72. The third-order valence-corrected chi connectivity index (χ3v) is 2.67. The highest BCUT2D eigenvalue weighted by atomic mass is 16.4. The van der Waals surface area contributed by atoms with E-state index in [4.69, 9.17) is 10.2 Å². The number of carbonyl (C=O) groups is 2. The first kappa shape index (κ1) is 14.0. The zero-order valence-corrected chi connectivity index (χ0v) is 10.5. The van der Waals surface area contributed by atoms with Crippen molar-refractivity contribution in [2.75, 3.05) is 18.0 Å². The minimum absolute atomic E-state index is 0.315. The highest BCUT2D eigenvalue weighted by molar-refractivity contribution is 5.81. The summed E-state index contributed by atoms with van der Waals surface area (Å²) in [5, 5.41) is 17.8. The average molecular weight is 251 g/mol. The van der Waals surface area contributed by atoms with Gasteiger partial charge in [0, 0.05) is 5.69 Å². The van der Waals surface area contributed by atoms with Crippen molar-refractivity contribution in [1.29, 1.82) is 0 Å². The molecule has 0 amide bonds. The summed E-state index contributed by atoms with van der Waals surface area (Å²) in [6.45, 7) is 3.18. The first-order chi connectivity index (χ1) is 8.45. The summed E-state index contributed by atoms with van der Waals surface area (Å²) in [6.07, 6.45) is 0.729. The number of para-hydroxylation sites is 1. The van der Waals surface area contributed by atoms with Crippen LogP contribution in [-0.2, 0) is 16.0 Å². The van der Waals surface area contributed by atoms with Gasteiger partial charge in [0.2, 0.25) is 0 Å². The lowest BCUT2D eigenvalue weighted by Crippen LogP contribution is -2.35. The summed E-state index contributed by atoms with van der Waals surface area (Å²) in [7, 11) is 0. The molecule has 0 bridgehead atoms. The highest BCUT2D eigenvalue weighted by Gasteiger charge is 2.18. The second-order valence-electron chi connectivity index (χ2n) is 4.08. The molecule has 0 atom stereocenters. The van der Waals surface area contributed by atoms with Crippen molar-refractivity contribution in [1.82, 2.24) is 0 Å². The molecule has 18 heavy (non-hydrogen) atoms. The number of aliphatic carboxylic acids is 2. The molecule has 0 aliphatic heterocycles. The first-order valence-corrected chi connectivity index (χ1v) is 5.72. The molecule has 0 aromatic heterocycles. The standard InChI is InChI=1S/C13H17NO4/c1-3-10-6-4-5-9(2)13(10)14(7-11(15)16)8-12(17)18/h4-6H,3,7-8H2,1-2H3,(H,15,16)(H,17,18). The van der Waals surface area contributed by atoms with Crippen molar-refractivity contribution in [2.24, 2.45) is 0 Å². The van der Waals surface area contributed by atoms with Crippen LogP contribution in [0.15, 0.2) is 18.2 Å². The molecule has 5 heteroatoms. The van der Waals surface area contributed by atoms with E-state index in [1.165, 1.54) is 4.90 Å². The maximum atomic E-state index is 10.8. The Balaban J connectivity index is 3.18. The molecule has 0 saturated heterocycles. The quantitative estimate of drug-likeness (QED) is 0.801. The Morgan fingerprint density at radius 3 is 2.17 bits per heavy atom. The van der Waals surface area contributed by atoms with Crippen molar-refractivity contribution >= 4 is 17.6 Å². The molecule has 5 nitrogen and oxygen atoms in total. The van der Waals surface area contributed by atoms with E-state index in [0.29, 0.717) is 5.69 Å². The zero-order chi connectivity index (χ0) is 13.7. The third kappa shape index (κ3) is 3.48. The van der Waals surface area contributed by atoms with Gasteiger partial charge in [0.05, 0.1) is 0 Å². The number of rotatable bonds is 6. The Bertz CT molecular complexity index is 440. The summed E-state index contributed by atoms with van der Waals surface area (Å²) in [4.78, 5) is 23.1. The highest BCUT2D eigenvalue weighted by Crippen LogP contribution is 2.25. The maximum absolute atomic E-state index is 10.8. The van der Waals surface area contributed by atoms with Crippen LogP contribution in [0.3, 0.4) is 0 Å². The van der Waals surface area contributed by atoms with Crippen molar-refractivity contribution in [2.45, 2.75) is 20.3 Å². The molecule has 0 fully saturated rings. The molecule has 1 rings (SSSR count). The second-order valence-corrected chi connectivity index (χ2v) is 4.08. The van der Waals surface area contributed by atoms with E-state index in [2.05, 4.69) is 0 Å². The predicted octanol–water partition coefficient (Wildman–Crippen LogP) is 1.53. The van der Waals surface area contributed by atoms with Gasteiger partial charge in [-0.1, -0.05) is 25.1 Å². The number of hydrogen-bond donors (Lipinski definition) is 2. The Morgan fingerprint density at radius 1 is 1.17 bits per heavy atom. The van der Waals surface area contributed by atoms with Crippen molar-refractivity contribution in [3.63, 3.8) is 0 Å². The third-order valence-electron chi connectivity index (χ3n) is 2.67. The van der Waals surface area contributed by atoms with Gasteiger partial charge >= 0.3 is 11.9 Å². The van der Waals surface area contributed by atoms with E-state index in [-0.39, 0.29) is 13.1 Å². The van der Waals surface area contributed by atoms with Crippen LogP contribution < -0.4 is 4.90 Å². The minimum Gasteiger partial charge on any atom is -0.480 e. The van der Waals surface area contributed by atoms with E-state index in [1.807, 2.05) is 32.0 Å². The topological polar surface area (TPSA) is 77.8 Å². The van der Waals surface area contributed by atoms with Crippen LogP contribution in [-0.4, -0.2) is 35.2 Å². The zero-order valence-electron chi connectivity index (χ0n) is 10.5. The van der Waals surface area contributed by atoms with Crippen molar-refractivity contribution < 1.29 is 19.8 Å². The minimum atomic E-state index is -1.04. The molecule has 0 radical (unpaired) electrons. The van der Waals surface area contributed by atoms with E-state index in [1.54, 1.807) is 0 Å². The van der Waals surface area contributed by atoms with Gasteiger partial charge in [0.25, 0.3) is 0 Å². The molecular weight excluding hydrogens is 234 g/mol. The number of anilines is 1. The maximum Gasteiger partial charge on any atom is 0.323 e. The van der Waals surface area contributed by atoms with E-state index in [9.17, 15) is 9.59 Å². The predicted molar refractivity (Wildman–Crippen MR) is 68.0 cm³/mol. The fourth-order valence-corrected chi connectivity index (χ4v) is 2.00. The Morgan fingerprint density at radius 2 is 1.72 bits per heavy atom. The van der Waals surface area contributed by atoms with E-state index < -0.39 is 11.9 Å². The van der Waals surface area contributed by atoms with Crippen LogP contribution >= 0.6 is 0 Å². The molecule has 0 unspecified atom stereocenters. The van der Waals surface area contributed by atoms with Gasteiger partial charge in [-0.3, -0.25) is 9.59 Å². The molecule has 1 aromatic rings. The van der Waals surface area contributed by atoms with Gasteiger partial charge in [0.1, 0.15) is 13.1 Å². The Kier molecular flexibility index (Phi) is 4.71. The Labute approximate surface area is 106 Å². The van der Waals surface area contributed by atoms with Crippen LogP contribution in [0.1, 0.15) is 18.1 Å². The Hall–Kier alpha value is -2.04. The lowest BCUT2D eigenvalue weighted by atomic mass is 10.0. The molecule has 2 N–H and O–H groups in total. The summed E-state index contributed by atoms with van der Waals surface area (Å²) in [5.41, 5.74) is 2.55. The number of carboxylic acids is 2. The van der Waals surface area contributed by atoms with Gasteiger partial charge in [-0.2, -0.15) is 0 Å². The normalized spacial score (nSPS) is 10.1. The number of benzene rings is 1. The van der Waals surface area contributed by atoms with Gasteiger partial charge in [-0.25, -0.2) is 0 Å². The number of nitrogens with zero attached hydrogens (tertiary/aromatic N) is 1. The summed E-state index contributed by atoms with van der Waals surface area (Å²) < 4.78 is 0. The van der Waals surface area contributed by atoms with Crippen LogP contribution in [0.2, 0.25) is 0 Å². The van der Waals surface area contributed by atoms with Gasteiger partial charge in [-0.15, -0.1) is 0 Å². The fourth-order valence-electron chi connectivity index (χ4n) is 2.00. The molecule has 0 aliphatic rings. The molecule has 0 aliphatic carbocycles. The SMILES string of the molecule is CCc1cccc(C)c1N(CC(=O)O)CC(=O)O. The number of aryl methyl sites for hydroxylation is 2. The average Bonchev–Trinajstić information content (AvgIpc) is 2.26. The van der Waals surface area contributed by atoms with Crippen LogP contribution in [0.5, 0.6) is 0 Å². The van der Waals surface area contributed by atoms with Gasteiger partial charge in [-0.05, 0) is 24.5 Å². The molecule has 1 aromatic carbocycles. The lowest BCUT2D eigenvalue weighted by Gasteiger charge is -2.25. The monoisotopic (exact) mass is 251 g/mol. The smallest absolute Gasteiger partial charge is 0.323 e. The van der Waals surface area contributed by atoms with Crippen LogP contribution in [0.25, 0.3) is 0 Å². The van der Waals surface area contributed by atoms with Gasteiger partial charge in [0.15, 0.2) is 0 Å². The lowest BCUT2D eigenvalue weighted by molar-refractivity contribution is -0.136. The van der Waals surface area contributed by atoms with Crippen LogP contribution in [0, 0.1) is 6.92 Å². The van der Waals surface area contributed by atoms with Crippen molar-refractivity contribution in [3.05, 3.63) is 29.3 Å². The largest absolute Gasteiger partial charge is 0.480 e. The number of carboxylic acid groups (broad SMARTS) is 2. The summed E-state index contributed by atoms with van der Waals surface area (Å²) in [5.74, 6) is -2.08. The van der Waals surface area contributed by atoms with Crippen molar-refractivity contribution in [3.8, 4) is 0 Å². The summed E-state index contributed by atoms with van der Waals surface area (Å²) in [6, 6.07) is 5.63. The van der Waals surface area contributed by atoms with Crippen LogP contribution in [0.4, 0.5) is 5.69 Å². The molecule has 98 valence electrons. The molecule has 0 saturated carbocycles.